The standard InChI is InChI=1S/C24H23ClF7NO2/c1-13(15-9-16(23(27,28)29)11-17(10-15)24(30,31)32)35-20-8-7-19(33(2)12-21(25)34)22(20)14-3-5-18(26)6-4-14/h3-6,9-11,13,19-20,22H,7-8,12H2,1-2H3/t13-,19?,20?,22?/m0/s1. The summed E-state index contributed by atoms with van der Waals surface area (Å²) in [5.41, 5.74) is -2.44. The fourth-order valence-electron chi connectivity index (χ4n) is 4.58. The van der Waals surface area contributed by atoms with E-state index in [9.17, 15) is 35.5 Å². The average Bonchev–Trinajstić information content (AvgIpc) is 3.16. The van der Waals surface area contributed by atoms with Crippen molar-refractivity contribution in [2.75, 3.05) is 13.6 Å². The van der Waals surface area contributed by atoms with E-state index in [0.29, 0.717) is 30.5 Å². The van der Waals surface area contributed by atoms with E-state index >= 15 is 0 Å². The summed E-state index contributed by atoms with van der Waals surface area (Å²) in [6.07, 6.45) is -10.7. The first-order valence-electron chi connectivity index (χ1n) is 10.8. The molecular weight excluding hydrogens is 503 g/mol. The van der Waals surface area contributed by atoms with Crippen molar-refractivity contribution >= 4 is 16.8 Å². The zero-order chi connectivity index (χ0) is 26.1. The molecule has 1 aliphatic carbocycles. The van der Waals surface area contributed by atoms with Gasteiger partial charge in [0.2, 0.25) is 5.24 Å². The van der Waals surface area contributed by atoms with Crippen LogP contribution in [0.2, 0.25) is 0 Å². The van der Waals surface area contributed by atoms with Gasteiger partial charge in [0.25, 0.3) is 0 Å². The summed E-state index contributed by atoms with van der Waals surface area (Å²) in [5, 5.41) is -0.591. The van der Waals surface area contributed by atoms with Crippen LogP contribution in [0.3, 0.4) is 0 Å². The fraction of sp³-hybridized carbons (Fsp3) is 0.458. The molecule has 192 valence electrons. The molecule has 2 aromatic carbocycles. The highest BCUT2D eigenvalue weighted by atomic mass is 35.5. The minimum Gasteiger partial charge on any atom is -0.370 e. The minimum absolute atomic E-state index is 0.0707. The molecule has 1 fully saturated rings. The number of benzene rings is 2. The van der Waals surface area contributed by atoms with Crippen molar-refractivity contribution in [1.29, 1.82) is 0 Å². The van der Waals surface area contributed by atoms with E-state index in [0.717, 1.165) is 0 Å². The maximum Gasteiger partial charge on any atom is 0.416 e. The molecule has 0 spiro atoms. The molecule has 35 heavy (non-hydrogen) atoms. The molecule has 1 saturated carbocycles. The monoisotopic (exact) mass is 525 g/mol. The molecule has 0 aliphatic heterocycles. The number of hydrogen-bond donors (Lipinski definition) is 0. The molecular formula is C24H23ClF7NO2. The van der Waals surface area contributed by atoms with Gasteiger partial charge in [0.05, 0.1) is 29.9 Å². The van der Waals surface area contributed by atoms with Gasteiger partial charge in [-0.3, -0.25) is 9.69 Å². The lowest BCUT2D eigenvalue weighted by atomic mass is 9.91. The molecule has 2 aromatic rings. The third-order valence-electron chi connectivity index (χ3n) is 6.22. The molecule has 1 aliphatic rings. The van der Waals surface area contributed by atoms with Crippen molar-refractivity contribution in [3.8, 4) is 0 Å². The van der Waals surface area contributed by atoms with E-state index in [2.05, 4.69) is 0 Å². The quantitative estimate of drug-likeness (QED) is 0.289. The van der Waals surface area contributed by atoms with Crippen molar-refractivity contribution < 1.29 is 40.3 Å². The van der Waals surface area contributed by atoms with Crippen LogP contribution >= 0.6 is 11.6 Å². The lowest BCUT2D eigenvalue weighted by molar-refractivity contribution is -0.143. The highest BCUT2D eigenvalue weighted by Crippen LogP contribution is 2.43. The normalized spacial score (nSPS) is 22.0. The summed E-state index contributed by atoms with van der Waals surface area (Å²) in [7, 11) is 1.68. The van der Waals surface area contributed by atoms with Gasteiger partial charge in [0, 0.05) is 12.0 Å². The van der Waals surface area contributed by atoms with Crippen LogP contribution in [0.25, 0.3) is 0 Å². The van der Waals surface area contributed by atoms with E-state index in [4.69, 9.17) is 16.3 Å². The molecule has 0 amide bonds. The minimum atomic E-state index is -4.97. The molecule has 0 radical (unpaired) electrons. The number of hydrogen-bond acceptors (Lipinski definition) is 3. The van der Waals surface area contributed by atoms with Gasteiger partial charge in [-0.1, -0.05) is 12.1 Å². The van der Waals surface area contributed by atoms with Crippen molar-refractivity contribution in [3.05, 3.63) is 70.5 Å². The summed E-state index contributed by atoms with van der Waals surface area (Å²) in [5.74, 6) is -0.894. The largest absolute Gasteiger partial charge is 0.416 e. The fourth-order valence-corrected chi connectivity index (χ4v) is 4.77. The Balaban J connectivity index is 1.94. The molecule has 0 bridgehead atoms. The van der Waals surface area contributed by atoms with Gasteiger partial charge >= 0.3 is 12.4 Å². The zero-order valence-electron chi connectivity index (χ0n) is 18.8. The summed E-state index contributed by atoms with van der Waals surface area (Å²) in [6.45, 7) is 1.31. The molecule has 3 nitrogen and oxygen atoms in total. The van der Waals surface area contributed by atoms with Gasteiger partial charge in [-0.25, -0.2) is 4.39 Å². The van der Waals surface area contributed by atoms with Crippen molar-refractivity contribution in [2.45, 2.75) is 56.3 Å². The molecule has 0 aromatic heterocycles. The maximum absolute atomic E-state index is 13.5. The number of alkyl halides is 6. The third kappa shape index (κ3) is 6.74. The van der Waals surface area contributed by atoms with Crippen LogP contribution in [0.1, 0.15) is 54.0 Å². The van der Waals surface area contributed by atoms with Gasteiger partial charge in [-0.2, -0.15) is 26.3 Å². The van der Waals surface area contributed by atoms with Gasteiger partial charge in [0.15, 0.2) is 0 Å². The highest BCUT2D eigenvalue weighted by molar-refractivity contribution is 6.64. The Kier molecular flexibility index (Phi) is 8.18. The summed E-state index contributed by atoms with van der Waals surface area (Å²) < 4.78 is 99.2. The smallest absolute Gasteiger partial charge is 0.370 e. The van der Waals surface area contributed by atoms with Crippen LogP contribution in [0, 0.1) is 5.82 Å². The van der Waals surface area contributed by atoms with Crippen LogP contribution in [0.4, 0.5) is 30.7 Å². The van der Waals surface area contributed by atoms with Crippen LogP contribution < -0.4 is 0 Å². The van der Waals surface area contributed by atoms with Crippen molar-refractivity contribution in [1.82, 2.24) is 4.90 Å². The number of nitrogens with zero attached hydrogens (tertiary/aromatic N) is 1. The molecule has 11 heteroatoms. The summed E-state index contributed by atoms with van der Waals surface area (Å²) in [6, 6.07) is 6.69. The van der Waals surface area contributed by atoms with Crippen molar-refractivity contribution in [2.24, 2.45) is 0 Å². The molecule has 0 N–H and O–H groups in total. The second kappa shape index (κ2) is 10.4. The number of halogens is 8. The van der Waals surface area contributed by atoms with Crippen LogP contribution in [0.5, 0.6) is 0 Å². The Labute approximate surface area is 202 Å². The average molecular weight is 526 g/mol. The van der Waals surface area contributed by atoms with Gasteiger partial charge in [-0.05, 0) is 79.9 Å². The van der Waals surface area contributed by atoms with Crippen molar-refractivity contribution in [3.63, 3.8) is 0 Å². The zero-order valence-corrected chi connectivity index (χ0v) is 19.5. The Hall–Kier alpha value is -2.17. The van der Waals surface area contributed by atoms with E-state index in [1.807, 2.05) is 0 Å². The van der Waals surface area contributed by atoms with Crippen LogP contribution in [-0.4, -0.2) is 35.9 Å². The molecule has 0 saturated heterocycles. The second-order valence-corrected chi connectivity index (χ2v) is 9.07. The maximum atomic E-state index is 13.5. The van der Waals surface area contributed by atoms with Gasteiger partial charge in [0.1, 0.15) is 5.82 Å². The first-order chi connectivity index (χ1) is 16.2. The second-order valence-electron chi connectivity index (χ2n) is 8.65. The molecule has 4 atom stereocenters. The third-order valence-corrected chi connectivity index (χ3v) is 6.33. The Morgan fingerprint density at radius 2 is 1.57 bits per heavy atom. The SMILES string of the molecule is C[C@H](OC1CCC(N(C)CC(=O)Cl)C1c1ccc(F)cc1)c1cc(C(F)(F)F)cc(C(F)(F)F)c1. The lowest BCUT2D eigenvalue weighted by Gasteiger charge is -2.32. The highest BCUT2D eigenvalue weighted by Gasteiger charge is 2.42. The topological polar surface area (TPSA) is 29.5 Å². The number of likely N-dealkylation sites (N-methyl/N-ethyl adjacent to an activating group) is 1. The number of ether oxygens (including phenoxy) is 1. The predicted octanol–water partition coefficient (Wildman–Crippen LogP) is 6.95. The Bertz CT molecular complexity index is 1010. The van der Waals surface area contributed by atoms with Crippen LogP contribution in [-0.2, 0) is 21.9 Å². The molecule has 3 unspecified atom stereocenters. The summed E-state index contributed by atoms with van der Waals surface area (Å²) in [4.78, 5) is 13.1. The lowest BCUT2D eigenvalue weighted by Crippen LogP contribution is -2.38. The Morgan fingerprint density at radius 1 is 1.03 bits per heavy atom. The van der Waals surface area contributed by atoms with E-state index in [1.54, 1.807) is 24.1 Å². The van der Waals surface area contributed by atoms with E-state index in [1.165, 1.54) is 19.1 Å². The number of carbonyl (C=O) groups is 1. The predicted molar refractivity (Wildman–Crippen MR) is 115 cm³/mol. The first kappa shape index (κ1) is 27.4. The number of rotatable bonds is 7. The molecule has 0 heterocycles. The van der Waals surface area contributed by atoms with Crippen LogP contribution in [0.15, 0.2) is 42.5 Å². The van der Waals surface area contributed by atoms with Gasteiger partial charge in [-0.15, -0.1) is 0 Å². The first-order valence-corrected chi connectivity index (χ1v) is 11.1. The van der Waals surface area contributed by atoms with Gasteiger partial charge < -0.3 is 4.74 Å². The molecule has 3 rings (SSSR count). The van der Waals surface area contributed by atoms with E-state index in [-0.39, 0.29) is 24.2 Å². The summed E-state index contributed by atoms with van der Waals surface area (Å²) >= 11 is 5.52. The number of carbonyl (C=O) groups excluding carboxylic acids is 1. The van der Waals surface area contributed by atoms with E-state index < -0.39 is 52.7 Å². The Morgan fingerprint density at radius 3 is 2.06 bits per heavy atom.